The number of methoxy groups -OCH3 is 1. The van der Waals surface area contributed by atoms with Gasteiger partial charge in [0, 0.05) is 26.2 Å². The monoisotopic (exact) mass is 281 g/mol. The lowest BCUT2D eigenvalue weighted by Gasteiger charge is -2.27. The number of aromatic nitrogens is 2. The summed E-state index contributed by atoms with van der Waals surface area (Å²) in [6, 6.07) is 0.148. The lowest BCUT2D eigenvalue weighted by Crippen LogP contribution is -2.44. The van der Waals surface area contributed by atoms with E-state index in [1.54, 1.807) is 4.68 Å². The van der Waals surface area contributed by atoms with E-state index in [2.05, 4.69) is 22.2 Å². The van der Waals surface area contributed by atoms with Gasteiger partial charge in [0.25, 0.3) is 0 Å². The highest BCUT2D eigenvalue weighted by atomic mass is 16.5. The fourth-order valence-corrected chi connectivity index (χ4v) is 2.34. The number of carbonyl (C=O) groups is 1. The Hall–Kier alpha value is -1.76. The summed E-state index contributed by atoms with van der Waals surface area (Å²) in [4.78, 5) is 14.1. The molecular weight excluding hydrogens is 258 g/mol. The molecule has 0 bridgehead atoms. The molecule has 1 aliphatic heterocycles. The van der Waals surface area contributed by atoms with Crippen molar-refractivity contribution in [2.45, 2.75) is 26.3 Å². The van der Waals surface area contributed by atoms with E-state index >= 15 is 0 Å². The van der Waals surface area contributed by atoms with Gasteiger partial charge in [0.15, 0.2) is 5.82 Å². The van der Waals surface area contributed by atoms with E-state index < -0.39 is 5.97 Å². The van der Waals surface area contributed by atoms with Crippen LogP contribution in [0.2, 0.25) is 0 Å². The molecule has 0 amide bonds. The maximum Gasteiger partial charge on any atom is 0.345 e. The molecule has 20 heavy (non-hydrogen) atoms. The first-order chi connectivity index (χ1) is 9.60. The van der Waals surface area contributed by atoms with Crippen LogP contribution in [0.5, 0.6) is 0 Å². The molecule has 1 aromatic rings. The summed E-state index contributed by atoms with van der Waals surface area (Å²) < 4.78 is 6.59. The lowest BCUT2D eigenvalue weighted by atomic mass is 10.2. The van der Waals surface area contributed by atoms with Gasteiger partial charge in [-0.1, -0.05) is 6.92 Å². The van der Waals surface area contributed by atoms with Crippen LogP contribution in [0, 0.1) is 0 Å². The highest BCUT2D eigenvalue weighted by molar-refractivity contribution is 5.99. The molecule has 1 saturated heterocycles. The SMILES string of the molecule is CCC(C)n1nc(N2CCNCC2)c(C(=O)OC)c1N. The second-order valence-corrected chi connectivity index (χ2v) is 5.01. The predicted molar refractivity (Wildman–Crippen MR) is 78.1 cm³/mol. The minimum absolute atomic E-state index is 0.148. The largest absolute Gasteiger partial charge is 0.465 e. The van der Waals surface area contributed by atoms with Gasteiger partial charge in [0.05, 0.1) is 13.2 Å². The van der Waals surface area contributed by atoms with Crippen molar-refractivity contribution in [2.75, 3.05) is 43.9 Å². The van der Waals surface area contributed by atoms with E-state index in [-0.39, 0.29) is 6.04 Å². The fourth-order valence-electron chi connectivity index (χ4n) is 2.34. The smallest absolute Gasteiger partial charge is 0.345 e. The van der Waals surface area contributed by atoms with Gasteiger partial charge in [-0.3, -0.25) is 0 Å². The molecule has 0 radical (unpaired) electrons. The molecule has 3 N–H and O–H groups in total. The Bertz CT molecular complexity index is 479. The standard InChI is InChI=1S/C13H23N5O2/c1-4-9(2)18-11(14)10(13(19)20-3)12(16-18)17-7-5-15-6-8-17/h9,15H,4-8,14H2,1-3H3. The fraction of sp³-hybridized carbons (Fsp3) is 0.692. The number of anilines is 2. The molecule has 1 fully saturated rings. The molecule has 7 nitrogen and oxygen atoms in total. The van der Waals surface area contributed by atoms with Crippen LogP contribution in [-0.2, 0) is 4.74 Å². The first-order valence-corrected chi connectivity index (χ1v) is 7.02. The second-order valence-electron chi connectivity index (χ2n) is 5.01. The van der Waals surface area contributed by atoms with Crippen LogP contribution in [0.4, 0.5) is 11.6 Å². The number of nitrogen functional groups attached to an aromatic ring is 1. The highest BCUT2D eigenvalue weighted by Gasteiger charge is 2.28. The van der Waals surface area contributed by atoms with Crippen molar-refractivity contribution in [3.8, 4) is 0 Å². The summed E-state index contributed by atoms with van der Waals surface area (Å²) in [5.41, 5.74) is 6.51. The number of esters is 1. The van der Waals surface area contributed by atoms with E-state index in [9.17, 15) is 4.79 Å². The zero-order valence-electron chi connectivity index (χ0n) is 12.3. The molecule has 112 valence electrons. The van der Waals surface area contributed by atoms with Crippen molar-refractivity contribution < 1.29 is 9.53 Å². The minimum Gasteiger partial charge on any atom is -0.465 e. The zero-order valence-corrected chi connectivity index (χ0v) is 12.3. The normalized spacial score (nSPS) is 17.1. The Morgan fingerprint density at radius 2 is 2.15 bits per heavy atom. The first kappa shape index (κ1) is 14.6. The number of nitrogens with two attached hydrogens (primary N) is 1. The van der Waals surface area contributed by atoms with E-state index in [1.807, 2.05) is 6.92 Å². The summed E-state index contributed by atoms with van der Waals surface area (Å²) in [5, 5.41) is 7.84. The summed E-state index contributed by atoms with van der Waals surface area (Å²) in [6.07, 6.45) is 0.896. The van der Waals surface area contributed by atoms with Gasteiger partial charge in [-0.2, -0.15) is 5.10 Å². The number of piperazine rings is 1. The minimum atomic E-state index is -0.425. The number of nitrogens with one attached hydrogen (secondary N) is 1. The molecule has 0 spiro atoms. The molecular formula is C13H23N5O2. The number of carbonyl (C=O) groups excluding carboxylic acids is 1. The highest BCUT2D eigenvalue weighted by Crippen LogP contribution is 2.29. The Morgan fingerprint density at radius 3 is 2.70 bits per heavy atom. The Morgan fingerprint density at radius 1 is 1.50 bits per heavy atom. The van der Waals surface area contributed by atoms with E-state index in [4.69, 9.17) is 10.5 Å². The van der Waals surface area contributed by atoms with Gasteiger partial charge in [-0.15, -0.1) is 0 Å². The zero-order chi connectivity index (χ0) is 14.7. The molecule has 0 aromatic carbocycles. The molecule has 7 heteroatoms. The van der Waals surface area contributed by atoms with Crippen molar-refractivity contribution in [1.82, 2.24) is 15.1 Å². The molecule has 0 aliphatic carbocycles. The summed E-state index contributed by atoms with van der Waals surface area (Å²) in [7, 11) is 1.36. The average Bonchev–Trinajstić information content (AvgIpc) is 2.84. The van der Waals surface area contributed by atoms with Gasteiger partial charge < -0.3 is 20.7 Å². The van der Waals surface area contributed by atoms with E-state index in [1.165, 1.54) is 7.11 Å². The van der Waals surface area contributed by atoms with Crippen molar-refractivity contribution in [3.63, 3.8) is 0 Å². The third kappa shape index (κ3) is 2.58. The molecule has 1 unspecified atom stereocenters. The summed E-state index contributed by atoms with van der Waals surface area (Å²) in [5.74, 6) is 0.599. The lowest BCUT2D eigenvalue weighted by molar-refractivity contribution is 0.0602. The van der Waals surface area contributed by atoms with Gasteiger partial charge in [0.1, 0.15) is 11.4 Å². The molecule has 0 saturated carbocycles. The van der Waals surface area contributed by atoms with Crippen molar-refractivity contribution >= 4 is 17.6 Å². The van der Waals surface area contributed by atoms with Crippen molar-refractivity contribution in [3.05, 3.63) is 5.56 Å². The van der Waals surface area contributed by atoms with Gasteiger partial charge in [0.2, 0.25) is 0 Å². The van der Waals surface area contributed by atoms with Crippen LogP contribution in [-0.4, -0.2) is 49.0 Å². The topological polar surface area (TPSA) is 85.4 Å². The number of ether oxygens (including phenoxy) is 1. The Kier molecular flexibility index (Phi) is 4.49. The summed E-state index contributed by atoms with van der Waals surface area (Å²) >= 11 is 0. The first-order valence-electron chi connectivity index (χ1n) is 7.02. The van der Waals surface area contributed by atoms with E-state index in [0.717, 1.165) is 32.6 Å². The number of nitrogens with zero attached hydrogens (tertiary/aromatic N) is 3. The maximum atomic E-state index is 12.0. The van der Waals surface area contributed by atoms with Crippen LogP contribution < -0.4 is 16.0 Å². The average molecular weight is 281 g/mol. The number of hydrogen-bond donors (Lipinski definition) is 2. The van der Waals surface area contributed by atoms with Crippen molar-refractivity contribution in [1.29, 1.82) is 0 Å². The summed E-state index contributed by atoms with van der Waals surface area (Å²) in [6.45, 7) is 7.45. The van der Waals surface area contributed by atoms with Gasteiger partial charge in [-0.25, -0.2) is 9.48 Å². The predicted octanol–water partition coefficient (Wildman–Crippen LogP) is 0.633. The Labute approximate surface area is 119 Å². The van der Waals surface area contributed by atoms with Crippen LogP contribution in [0.1, 0.15) is 36.7 Å². The third-order valence-corrected chi connectivity index (χ3v) is 3.74. The van der Waals surface area contributed by atoms with Gasteiger partial charge >= 0.3 is 5.97 Å². The van der Waals surface area contributed by atoms with Crippen LogP contribution in [0.15, 0.2) is 0 Å². The molecule has 1 atom stereocenters. The molecule has 1 aliphatic rings. The quantitative estimate of drug-likeness (QED) is 0.788. The number of hydrogen-bond acceptors (Lipinski definition) is 6. The third-order valence-electron chi connectivity index (χ3n) is 3.74. The van der Waals surface area contributed by atoms with Gasteiger partial charge in [-0.05, 0) is 13.3 Å². The van der Waals surface area contributed by atoms with Crippen molar-refractivity contribution in [2.24, 2.45) is 0 Å². The van der Waals surface area contributed by atoms with Crippen LogP contribution >= 0.6 is 0 Å². The molecule has 2 rings (SSSR count). The molecule has 2 heterocycles. The van der Waals surface area contributed by atoms with E-state index in [0.29, 0.717) is 17.2 Å². The maximum absolute atomic E-state index is 12.0. The Balaban J connectivity index is 2.44. The second kappa shape index (κ2) is 6.13. The molecule has 1 aromatic heterocycles. The van der Waals surface area contributed by atoms with Crippen LogP contribution in [0.3, 0.4) is 0 Å². The van der Waals surface area contributed by atoms with Crippen LogP contribution in [0.25, 0.3) is 0 Å². The number of rotatable bonds is 4.